The SMILES string of the molecule is CC(C)(C)c1cc(C2C3CC4CC(C3)CC2(N)C4)cc([Si](c2ccccc2)(c2ccccc2)c2cc(C3C4CC5CC(C4)CC3(N)C5)cc(C(C)(C)C)c2)c1. The number of hydrogen-bond acceptors (Lipinski definition) is 2. The topological polar surface area (TPSA) is 52.0 Å². The summed E-state index contributed by atoms with van der Waals surface area (Å²) in [6.07, 6.45) is 13.0. The first-order valence-electron chi connectivity index (χ1n) is 22.1. The van der Waals surface area contributed by atoms with E-state index in [2.05, 4.69) is 139 Å². The summed E-state index contributed by atoms with van der Waals surface area (Å²) in [5, 5.41) is 5.98. The van der Waals surface area contributed by atoms with E-state index in [-0.39, 0.29) is 21.9 Å². The van der Waals surface area contributed by atoms with E-state index in [9.17, 15) is 0 Å². The smallest absolute Gasteiger partial charge is 0.179 e. The molecule has 0 radical (unpaired) electrons. The van der Waals surface area contributed by atoms with Crippen molar-refractivity contribution < 1.29 is 0 Å². The van der Waals surface area contributed by atoms with Crippen LogP contribution in [0.2, 0.25) is 0 Å². The third-order valence-corrected chi connectivity index (χ3v) is 21.1. The fourth-order valence-corrected chi connectivity index (χ4v) is 19.6. The normalized spacial score (nSPS) is 35.1. The van der Waals surface area contributed by atoms with Gasteiger partial charge in [-0.3, -0.25) is 0 Å². The highest BCUT2D eigenvalue weighted by Crippen LogP contribution is 2.62. The van der Waals surface area contributed by atoms with Gasteiger partial charge in [0.25, 0.3) is 0 Å². The van der Waals surface area contributed by atoms with E-state index in [4.69, 9.17) is 11.5 Å². The second kappa shape index (κ2) is 12.5. The predicted octanol–water partition coefficient (Wildman–Crippen LogP) is 8.90. The Morgan fingerprint density at radius 2 is 0.800 bits per heavy atom. The van der Waals surface area contributed by atoms with E-state index < -0.39 is 8.07 Å². The van der Waals surface area contributed by atoms with Gasteiger partial charge in [0.2, 0.25) is 0 Å². The predicted molar refractivity (Wildman–Crippen MR) is 234 cm³/mol. The van der Waals surface area contributed by atoms with Gasteiger partial charge >= 0.3 is 0 Å². The van der Waals surface area contributed by atoms with Gasteiger partial charge in [-0.2, -0.15) is 0 Å². The molecule has 0 aromatic heterocycles. The zero-order valence-electron chi connectivity index (χ0n) is 34.6. The monoisotopic (exact) mass is 746 g/mol. The maximum absolute atomic E-state index is 7.69. The molecule has 0 aliphatic heterocycles. The third-order valence-electron chi connectivity index (χ3n) is 16.4. The molecule has 3 heteroatoms. The van der Waals surface area contributed by atoms with Crippen molar-refractivity contribution in [3.05, 3.63) is 119 Å². The summed E-state index contributed by atoms with van der Waals surface area (Å²) >= 11 is 0. The molecule has 2 nitrogen and oxygen atoms in total. The van der Waals surface area contributed by atoms with Crippen LogP contribution in [-0.2, 0) is 10.8 Å². The molecule has 4 N–H and O–H groups in total. The van der Waals surface area contributed by atoms with Gasteiger partial charge in [0.15, 0.2) is 8.07 Å². The standard InChI is InChI=1S/C52H66N2Si/c1-49(2,3)41-23-39(47-37-19-33-17-34(20-37)30-51(47,53)29-33)25-45(27-41)55(43-13-9-7-10-14-43,44-15-11-8-12-16-44)46-26-40(24-42(28-46)50(4,5)6)48-38-21-35-18-36(22-38)32-52(48,54)31-35/h7-16,23-28,33-38,47-48H,17-22,29-32,53-54H2,1-6H3. The number of nitrogens with two attached hydrogens (primary N) is 2. The van der Waals surface area contributed by atoms with E-state index in [0.717, 1.165) is 23.7 Å². The summed E-state index contributed by atoms with van der Waals surface area (Å²) in [5.41, 5.74) is 21.1. The first-order valence-corrected chi connectivity index (χ1v) is 24.1. The molecule has 0 amide bonds. The summed E-state index contributed by atoms with van der Waals surface area (Å²) in [4.78, 5) is 0. The second-order valence-corrected chi connectivity index (χ2v) is 26.1. The van der Waals surface area contributed by atoms with Crippen molar-refractivity contribution in [2.24, 2.45) is 47.0 Å². The Labute approximate surface area is 333 Å². The van der Waals surface area contributed by atoms with Crippen LogP contribution in [0.4, 0.5) is 0 Å². The fraction of sp³-hybridized carbons (Fsp3) is 0.538. The Kier molecular flexibility index (Phi) is 8.27. The third kappa shape index (κ3) is 5.83. The molecule has 8 fully saturated rings. The van der Waals surface area contributed by atoms with Crippen LogP contribution in [-0.4, -0.2) is 19.2 Å². The minimum Gasteiger partial charge on any atom is -0.325 e. The lowest BCUT2D eigenvalue weighted by Gasteiger charge is -2.60. The summed E-state index contributed by atoms with van der Waals surface area (Å²) in [6.45, 7) is 14.5. The molecule has 0 saturated heterocycles. The van der Waals surface area contributed by atoms with Crippen molar-refractivity contribution in [2.45, 2.75) is 139 Å². The Balaban J connectivity index is 1.27. The van der Waals surface area contributed by atoms with Crippen LogP contribution >= 0.6 is 0 Å². The zero-order valence-corrected chi connectivity index (χ0v) is 35.6. The van der Waals surface area contributed by atoms with Gasteiger partial charge in [0.1, 0.15) is 0 Å². The van der Waals surface area contributed by atoms with E-state index in [1.165, 1.54) is 107 Å². The van der Waals surface area contributed by atoms with Gasteiger partial charge in [-0.15, -0.1) is 0 Å². The van der Waals surface area contributed by atoms with Crippen molar-refractivity contribution in [3.63, 3.8) is 0 Å². The summed E-state index contributed by atoms with van der Waals surface area (Å²) < 4.78 is 0. The number of hydrogen-bond donors (Lipinski definition) is 2. The van der Waals surface area contributed by atoms with Crippen molar-refractivity contribution in [2.75, 3.05) is 0 Å². The van der Waals surface area contributed by atoms with E-state index in [1.807, 2.05) is 0 Å². The molecular formula is C52H66N2Si. The molecule has 6 unspecified atom stereocenters. The molecule has 4 aromatic carbocycles. The van der Waals surface area contributed by atoms with Gasteiger partial charge in [-0.05, 0) is 154 Å². The second-order valence-electron chi connectivity index (χ2n) is 22.3. The van der Waals surface area contributed by atoms with Gasteiger partial charge in [-0.25, -0.2) is 0 Å². The van der Waals surface area contributed by atoms with Gasteiger partial charge in [0, 0.05) is 22.9 Å². The Bertz CT molecular complexity index is 1910. The van der Waals surface area contributed by atoms with Crippen LogP contribution in [0.5, 0.6) is 0 Å². The number of benzene rings is 4. The minimum absolute atomic E-state index is 0.00329. The molecule has 8 saturated carbocycles. The summed E-state index contributed by atoms with van der Waals surface area (Å²) in [5.74, 6) is 5.50. The van der Waals surface area contributed by atoms with Crippen LogP contribution in [0.3, 0.4) is 0 Å². The summed E-state index contributed by atoms with van der Waals surface area (Å²) in [7, 11) is -2.92. The summed E-state index contributed by atoms with van der Waals surface area (Å²) in [6, 6.07) is 39.4. The van der Waals surface area contributed by atoms with E-state index >= 15 is 0 Å². The maximum atomic E-state index is 7.69. The molecule has 4 aromatic rings. The van der Waals surface area contributed by atoms with Gasteiger partial charge in [-0.1, -0.05) is 139 Å². The molecule has 55 heavy (non-hydrogen) atoms. The number of rotatable bonds is 6. The van der Waals surface area contributed by atoms with Crippen molar-refractivity contribution in [3.8, 4) is 0 Å². The minimum atomic E-state index is -2.92. The van der Waals surface area contributed by atoms with Crippen molar-refractivity contribution >= 4 is 28.8 Å². The molecule has 8 aliphatic rings. The molecule has 0 heterocycles. The Morgan fingerprint density at radius 3 is 1.11 bits per heavy atom. The van der Waals surface area contributed by atoms with Crippen LogP contribution in [0, 0.1) is 35.5 Å². The van der Waals surface area contributed by atoms with E-state index in [1.54, 1.807) is 0 Å². The first-order chi connectivity index (χ1) is 26.1. The highest BCUT2D eigenvalue weighted by molar-refractivity contribution is 7.20. The molecule has 6 atom stereocenters. The van der Waals surface area contributed by atoms with Crippen LogP contribution in [0.15, 0.2) is 97.1 Å². The van der Waals surface area contributed by atoms with Gasteiger partial charge in [0.05, 0.1) is 0 Å². The van der Waals surface area contributed by atoms with Gasteiger partial charge < -0.3 is 11.5 Å². The Morgan fingerprint density at radius 1 is 0.455 bits per heavy atom. The molecule has 12 rings (SSSR count). The van der Waals surface area contributed by atoms with Crippen molar-refractivity contribution in [1.29, 1.82) is 0 Å². The average Bonchev–Trinajstić information content (AvgIpc) is 3.10. The fourth-order valence-electron chi connectivity index (χ4n) is 14.8. The highest BCUT2D eigenvalue weighted by atomic mass is 28.3. The molecular weight excluding hydrogens is 681 g/mol. The highest BCUT2D eigenvalue weighted by Gasteiger charge is 2.58. The van der Waals surface area contributed by atoms with Crippen molar-refractivity contribution in [1.82, 2.24) is 0 Å². The lowest BCUT2D eigenvalue weighted by Crippen LogP contribution is -2.75. The quantitative estimate of drug-likeness (QED) is 0.153. The Hall–Kier alpha value is -2.98. The first kappa shape index (κ1) is 36.4. The van der Waals surface area contributed by atoms with Crippen LogP contribution < -0.4 is 32.2 Å². The molecule has 0 spiro atoms. The van der Waals surface area contributed by atoms with E-state index in [0.29, 0.717) is 23.7 Å². The zero-order chi connectivity index (χ0) is 38.1. The molecule has 8 aliphatic carbocycles. The largest absolute Gasteiger partial charge is 0.325 e. The average molecular weight is 747 g/mol. The van der Waals surface area contributed by atoms with Crippen LogP contribution in [0.1, 0.15) is 140 Å². The molecule has 8 bridgehead atoms. The lowest BCUT2D eigenvalue weighted by atomic mass is 9.47. The lowest BCUT2D eigenvalue weighted by molar-refractivity contribution is -0.0223. The molecule has 288 valence electrons. The maximum Gasteiger partial charge on any atom is 0.179 e. The van der Waals surface area contributed by atoms with Crippen LogP contribution in [0.25, 0.3) is 0 Å².